The van der Waals surface area contributed by atoms with Gasteiger partial charge in [-0.2, -0.15) is 0 Å². The number of aromatic nitrogens is 2. The lowest BCUT2D eigenvalue weighted by Crippen LogP contribution is -2.21. The molecule has 1 aromatic carbocycles. The summed E-state index contributed by atoms with van der Waals surface area (Å²) in [5.41, 5.74) is 1.80. The minimum absolute atomic E-state index is 0.0425. The Morgan fingerprint density at radius 2 is 2.00 bits per heavy atom. The number of halogens is 1. The predicted molar refractivity (Wildman–Crippen MR) is 73.9 cm³/mol. The van der Waals surface area contributed by atoms with E-state index in [0.717, 1.165) is 18.7 Å². The van der Waals surface area contributed by atoms with Gasteiger partial charge in [0.25, 0.3) is 5.56 Å². The third kappa shape index (κ3) is 1.81. The topological polar surface area (TPSA) is 45.8 Å². The fraction of sp³-hybridized carbons (Fsp3) is 0.286. The SMILES string of the molecule is O=c1[nH]c(C2(c3ccccc3)CC2)ncc1CBr. The van der Waals surface area contributed by atoms with E-state index in [1.165, 1.54) is 5.56 Å². The van der Waals surface area contributed by atoms with Crippen molar-refractivity contribution in [3.05, 3.63) is 63.8 Å². The van der Waals surface area contributed by atoms with E-state index in [-0.39, 0.29) is 11.0 Å². The molecule has 1 aliphatic carbocycles. The molecule has 1 saturated carbocycles. The summed E-state index contributed by atoms with van der Waals surface area (Å²) in [7, 11) is 0. The minimum atomic E-state index is -0.0642. The van der Waals surface area contributed by atoms with Gasteiger partial charge in [0.1, 0.15) is 5.82 Å². The highest BCUT2D eigenvalue weighted by Gasteiger charge is 2.48. The van der Waals surface area contributed by atoms with Crippen molar-refractivity contribution in [2.75, 3.05) is 0 Å². The van der Waals surface area contributed by atoms with Gasteiger partial charge in [-0.3, -0.25) is 4.79 Å². The van der Waals surface area contributed by atoms with Crippen molar-refractivity contribution in [3.63, 3.8) is 0 Å². The Labute approximate surface area is 113 Å². The van der Waals surface area contributed by atoms with Crippen molar-refractivity contribution in [1.82, 2.24) is 9.97 Å². The lowest BCUT2D eigenvalue weighted by atomic mass is 9.95. The molecule has 0 unspecified atom stereocenters. The van der Waals surface area contributed by atoms with Crippen molar-refractivity contribution in [2.24, 2.45) is 0 Å². The Balaban J connectivity index is 2.06. The summed E-state index contributed by atoms with van der Waals surface area (Å²) >= 11 is 3.28. The average molecular weight is 305 g/mol. The minimum Gasteiger partial charge on any atom is -0.310 e. The third-order valence-electron chi connectivity index (χ3n) is 3.55. The number of alkyl halides is 1. The third-order valence-corrected chi connectivity index (χ3v) is 4.15. The number of nitrogens with one attached hydrogen (secondary N) is 1. The van der Waals surface area contributed by atoms with E-state index in [4.69, 9.17) is 0 Å². The number of rotatable bonds is 3. The molecule has 1 fully saturated rings. The zero-order chi connectivity index (χ0) is 12.6. The van der Waals surface area contributed by atoms with Crippen LogP contribution in [0, 0.1) is 0 Å². The molecule has 92 valence electrons. The Kier molecular flexibility index (Phi) is 2.82. The number of nitrogens with zero attached hydrogens (tertiary/aromatic N) is 1. The predicted octanol–water partition coefficient (Wildman–Crippen LogP) is 2.74. The first-order valence-electron chi connectivity index (χ1n) is 5.96. The summed E-state index contributed by atoms with van der Waals surface area (Å²) in [6.45, 7) is 0. The number of aromatic amines is 1. The van der Waals surface area contributed by atoms with E-state index in [1.807, 2.05) is 18.2 Å². The molecule has 1 heterocycles. The zero-order valence-corrected chi connectivity index (χ0v) is 11.4. The summed E-state index contributed by atoms with van der Waals surface area (Å²) in [6.07, 6.45) is 3.77. The highest BCUT2D eigenvalue weighted by atomic mass is 79.9. The molecule has 18 heavy (non-hydrogen) atoms. The van der Waals surface area contributed by atoms with Crippen LogP contribution in [0.4, 0.5) is 0 Å². The maximum atomic E-state index is 11.9. The first kappa shape index (κ1) is 11.7. The van der Waals surface area contributed by atoms with Gasteiger partial charge in [0, 0.05) is 17.1 Å². The molecule has 0 saturated heterocycles. The Bertz CT molecular complexity index is 617. The number of hydrogen-bond acceptors (Lipinski definition) is 2. The zero-order valence-electron chi connectivity index (χ0n) is 9.82. The van der Waals surface area contributed by atoms with E-state index < -0.39 is 0 Å². The molecule has 1 aromatic heterocycles. The largest absolute Gasteiger partial charge is 0.310 e. The van der Waals surface area contributed by atoms with Crippen LogP contribution in [-0.2, 0) is 10.7 Å². The molecule has 4 heteroatoms. The van der Waals surface area contributed by atoms with Gasteiger partial charge >= 0.3 is 0 Å². The second kappa shape index (κ2) is 4.35. The first-order valence-corrected chi connectivity index (χ1v) is 7.08. The Morgan fingerprint density at radius 1 is 1.28 bits per heavy atom. The van der Waals surface area contributed by atoms with Crippen molar-refractivity contribution in [1.29, 1.82) is 0 Å². The van der Waals surface area contributed by atoms with E-state index in [0.29, 0.717) is 10.9 Å². The summed E-state index contributed by atoms with van der Waals surface area (Å²) in [4.78, 5) is 19.2. The summed E-state index contributed by atoms with van der Waals surface area (Å²) in [6, 6.07) is 10.3. The van der Waals surface area contributed by atoms with Gasteiger partial charge in [0.05, 0.1) is 5.41 Å². The van der Waals surface area contributed by atoms with E-state index in [2.05, 4.69) is 38.0 Å². The second-order valence-corrected chi connectivity index (χ2v) is 5.23. The van der Waals surface area contributed by atoms with Gasteiger partial charge in [-0.1, -0.05) is 46.3 Å². The van der Waals surface area contributed by atoms with Gasteiger partial charge in [-0.15, -0.1) is 0 Å². The molecule has 0 spiro atoms. The van der Waals surface area contributed by atoms with Gasteiger partial charge in [-0.25, -0.2) is 4.98 Å². The van der Waals surface area contributed by atoms with Crippen molar-refractivity contribution in [3.8, 4) is 0 Å². The molecule has 3 rings (SSSR count). The van der Waals surface area contributed by atoms with Gasteiger partial charge in [0.2, 0.25) is 0 Å². The molecule has 0 amide bonds. The summed E-state index contributed by atoms with van der Waals surface area (Å²) < 4.78 is 0. The standard InChI is InChI=1S/C14H13BrN2O/c15-8-10-9-16-13(17-12(10)18)14(6-7-14)11-4-2-1-3-5-11/h1-5,9H,6-8H2,(H,16,17,18). The van der Waals surface area contributed by atoms with Crippen LogP contribution in [0.25, 0.3) is 0 Å². The van der Waals surface area contributed by atoms with Crippen molar-refractivity contribution in [2.45, 2.75) is 23.6 Å². The molecule has 2 aromatic rings. The number of hydrogen-bond donors (Lipinski definition) is 1. The van der Waals surface area contributed by atoms with Crippen LogP contribution in [0.1, 0.15) is 29.8 Å². The normalized spacial score (nSPS) is 16.5. The van der Waals surface area contributed by atoms with Crippen LogP contribution in [-0.4, -0.2) is 9.97 Å². The van der Waals surface area contributed by atoms with E-state index in [9.17, 15) is 4.79 Å². The smallest absolute Gasteiger partial charge is 0.254 e. The van der Waals surface area contributed by atoms with Gasteiger partial charge in [0.15, 0.2) is 0 Å². The maximum absolute atomic E-state index is 11.9. The second-order valence-electron chi connectivity index (χ2n) is 4.67. The quantitative estimate of drug-likeness (QED) is 0.886. The Hall–Kier alpha value is -1.42. The number of benzene rings is 1. The molecule has 1 aliphatic rings. The Morgan fingerprint density at radius 3 is 2.56 bits per heavy atom. The fourth-order valence-corrected chi connectivity index (χ4v) is 2.70. The van der Waals surface area contributed by atoms with Crippen LogP contribution in [0.5, 0.6) is 0 Å². The monoisotopic (exact) mass is 304 g/mol. The first-order chi connectivity index (χ1) is 8.76. The van der Waals surface area contributed by atoms with Crippen LogP contribution in [0.2, 0.25) is 0 Å². The average Bonchev–Trinajstić information content (AvgIpc) is 3.21. The fourth-order valence-electron chi connectivity index (χ4n) is 2.30. The lowest BCUT2D eigenvalue weighted by molar-refractivity contribution is 0.743. The maximum Gasteiger partial charge on any atom is 0.254 e. The molecular weight excluding hydrogens is 292 g/mol. The van der Waals surface area contributed by atoms with Crippen LogP contribution in [0.3, 0.4) is 0 Å². The highest BCUT2D eigenvalue weighted by molar-refractivity contribution is 9.08. The molecule has 0 atom stereocenters. The highest BCUT2D eigenvalue weighted by Crippen LogP contribution is 2.51. The molecule has 0 aliphatic heterocycles. The molecule has 1 N–H and O–H groups in total. The van der Waals surface area contributed by atoms with Crippen molar-refractivity contribution < 1.29 is 0 Å². The van der Waals surface area contributed by atoms with Crippen LogP contribution in [0.15, 0.2) is 41.3 Å². The molecular formula is C14H13BrN2O. The summed E-state index contributed by atoms with van der Waals surface area (Å²) in [5.74, 6) is 0.795. The molecule has 0 bridgehead atoms. The van der Waals surface area contributed by atoms with Gasteiger partial charge < -0.3 is 4.98 Å². The van der Waals surface area contributed by atoms with Gasteiger partial charge in [-0.05, 0) is 18.4 Å². The lowest BCUT2D eigenvalue weighted by Gasteiger charge is -2.14. The van der Waals surface area contributed by atoms with E-state index in [1.54, 1.807) is 6.20 Å². The molecule has 0 radical (unpaired) electrons. The number of H-pyrrole nitrogens is 1. The van der Waals surface area contributed by atoms with Crippen LogP contribution >= 0.6 is 15.9 Å². The molecule has 3 nitrogen and oxygen atoms in total. The van der Waals surface area contributed by atoms with Crippen LogP contribution < -0.4 is 5.56 Å². The van der Waals surface area contributed by atoms with Crippen molar-refractivity contribution >= 4 is 15.9 Å². The van der Waals surface area contributed by atoms with E-state index >= 15 is 0 Å². The summed E-state index contributed by atoms with van der Waals surface area (Å²) in [5, 5.41) is 0.536.